The maximum atomic E-state index is 3.71. The van der Waals surface area contributed by atoms with Crippen molar-refractivity contribution in [2.24, 2.45) is 5.92 Å². The summed E-state index contributed by atoms with van der Waals surface area (Å²) in [6, 6.07) is 18.2. The highest BCUT2D eigenvalue weighted by molar-refractivity contribution is 5.79. The fourth-order valence-corrected chi connectivity index (χ4v) is 3.56. The third-order valence-corrected chi connectivity index (χ3v) is 4.40. The molecule has 0 heterocycles. The van der Waals surface area contributed by atoms with E-state index in [0.717, 1.165) is 6.54 Å². The number of likely N-dealkylation sites (N-methyl/N-ethyl adjacent to an activating group) is 1. The highest BCUT2D eigenvalue weighted by Crippen LogP contribution is 2.47. The molecule has 0 spiro atoms. The van der Waals surface area contributed by atoms with Crippen LogP contribution in [0, 0.1) is 5.92 Å². The Morgan fingerprint density at radius 2 is 1.40 bits per heavy atom. The predicted octanol–water partition coefficient (Wildman–Crippen LogP) is 4.43. The van der Waals surface area contributed by atoms with E-state index in [1.54, 1.807) is 0 Å². The van der Waals surface area contributed by atoms with E-state index in [9.17, 15) is 0 Å². The van der Waals surface area contributed by atoms with Crippen LogP contribution in [0.4, 0.5) is 0 Å². The van der Waals surface area contributed by atoms with Crippen LogP contribution in [0.2, 0.25) is 0 Å². The molecule has 0 bridgehead atoms. The predicted molar refractivity (Wildman–Crippen MR) is 86.0 cm³/mol. The lowest BCUT2D eigenvalue weighted by molar-refractivity contribution is 0.376. The molecule has 0 saturated heterocycles. The minimum atomic E-state index is 0.474. The van der Waals surface area contributed by atoms with Crippen molar-refractivity contribution >= 4 is 0 Å². The Kier molecular flexibility index (Phi) is 3.62. The van der Waals surface area contributed by atoms with E-state index in [0.29, 0.717) is 17.9 Å². The van der Waals surface area contributed by atoms with Crippen LogP contribution in [-0.2, 0) is 0 Å². The minimum Gasteiger partial charge on any atom is -0.313 e. The highest BCUT2D eigenvalue weighted by Gasteiger charge is 2.34. The van der Waals surface area contributed by atoms with Crippen LogP contribution in [0.1, 0.15) is 37.8 Å². The summed E-state index contributed by atoms with van der Waals surface area (Å²) in [5.74, 6) is 1.08. The Labute approximate surface area is 122 Å². The number of hydrogen-bond acceptors (Lipinski definition) is 1. The molecule has 1 atom stereocenters. The van der Waals surface area contributed by atoms with Crippen molar-refractivity contribution in [2.75, 3.05) is 6.54 Å². The normalized spacial score (nSPS) is 15.2. The molecule has 2 aromatic rings. The van der Waals surface area contributed by atoms with E-state index in [1.807, 2.05) is 0 Å². The van der Waals surface area contributed by atoms with E-state index in [4.69, 9.17) is 0 Å². The Balaban J connectivity index is 2.15. The van der Waals surface area contributed by atoms with Gasteiger partial charge in [-0.15, -0.1) is 0 Å². The van der Waals surface area contributed by atoms with Gasteiger partial charge in [0, 0.05) is 12.0 Å². The van der Waals surface area contributed by atoms with E-state index < -0.39 is 0 Å². The van der Waals surface area contributed by atoms with Gasteiger partial charge in [-0.2, -0.15) is 0 Å². The van der Waals surface area contributed by atoms with Gasteiger partial charge in [0.1, 0.15) is 0 Å². The topological polar surface area (TPSA) is 12.0 Å². The van der Waals surface area contributed by atoms with Gasteiger partial charge in [0.2, 0.25) is 0 Å². The van der Waals surface area contributed by atoms with E-state index in [1.165, 1.54) is 22.3 Å². The first kappa shape index (κ1) is 13.4. The largest absolute Gasteiger partial charge is 0.313 e. The SMILES string of the molecule is CCNC(C(C)C)C1c2ccccc2-c2ccccc21. The van der Waals surface area contributed by atoms with Crippen molar-refractivity contribution in [3.05, 3.63) is 59.7 Å². The molecule has 1 aliphatic carbocycles. The van der Waals surface area contributed by atoms with Crippen LogP contribution in [-0.4, -0.2) is 12.6 Å². The molecule has 20 heavy (non-hydrogen) atoms. The van der Waals surface area contributed by atoms with Crippen LogP contribution in [0.3, 0.4) is 0 Å². The molecule has 3 rings (SSSR count). The number of benzene rings is 2. The molecule has 2 aromatic carbocycles. The van der Waals surface area contributed by atoms with Crippen LogP contribution in [0.15, 0.2) is 48.5 Å². The zero-order valence-electron chi connectivity index (χ0n) is 12.6. The summed E-state index contributed by atoms with van der Waals surface area (Å²) in [5.41, 5.74) is 5.79. The van der Waals surface area contributed by atoms with E-state index in [-0.39, 0.29) is 0 Å². The summed E-state index contributed by atoms with van der Waals surface area (Å²) < 4.78 is 0. The van der Waals surface area contributed by atoms with Gasteiger partial charge in [0.05, 0.1) is 0 Å². The van der Waals surface area contributed by atoms with E-state index in [2.05, 4.69) is 74.6 Å². The average Bonchev–Trinajstić information content (AvgIpc) is 2.79. The summed E-state index contributed by atoms with van der Waals surface area (Å²) in [7, 11) is 0. The average molecular weight is 265 g/mol. The Hall–Kier alpha value is -1.60. The lowest BCUT2D eigenvalue weighted by Crippen LogP contribution is -2.39. The van der Waals surface area contributed by atoms with Gasteiger partial charge in [-0.05, 0) is 34.7 Å². The molecule has 0 fully saturated rings. The maximum Gasteiger partial charge on any atom is 0.0258 e. The fraction of sp³-hybridized carbons (Fsp3) is 0.368. The molecular formula is C19H23N. The number of fused-ring (bicyclic) bond motifs is 3. The van der Waals surface area contributed by atoms with Crippen LogP contribution in [0.5, 0.6) is 0 Å². The molecule has 0 saturated carbocycles. The monoisotopic (exact) mass is 265 g/mol. The molecule has 104 valence electrons. The standard InChI is InChI=1S/C19H23N/c1-4-20-19(13(2)3)18-16-11-7-5-9-14(16)15-10-6-8-12-17(15)18/h5-13,18-20H,4H2,1-3H3. The second kappa shape index (κ2) is 5.41. The smallest absolute Gasteiger partial charge is 0.0258 e. The minimum absolute atomic E-state index is 0.474. The van der Waals surface area contributed by atoms with Gasteiger partial charge >= 0.3 is 0 Å². The van der Waals surface area contributed by atoms with Gasteiger partial charge < -0.3 is 5.32 Å². The highest BCUT2D eigenvalue weighted by atomic mass is 14.9. The maximum absolute atomic E-state index is 3.71. The van der Waals surface area contributed by atoms with Gasteiger partial charge in [0.15, 0.2) is 0 Å². The van der Waals surface area contributed by atoms with Crippen molar-refractivity contribution in [3.63, 3.8) is 0 Å². The summed E-state index contributed by atoms with van der Waals surface area (Å²) in [6.45, 7) is 7.85. The Morgan fingerprint density at radius 3 is 1.85 bits per heavy atom. The fourth-order valence-electron chi connectivity index (χ4n) is 3.56. The molecule has 1 nitrogen and oxygen atoms in total. The first-order valence-electron chi connectivity index (χ1n) is 7.65. The summed E-state index contributed by atoms with van der Waals surface area (Å²) in [6.07, 6.45) is 0. The van der Waals surface area contributed by atoms with Crippen molar-refractivity contribution in [3.8, 4) is 11.1 Å². The van der Waals surface area contributed by atoms with Crippen molar-refractivity contribution in [1.29, 1.82) is 0 Å². The van der Waals surface area contributed by atoms with Gasteiger partial charge in [-0.1, -0.05) is 69.3 Å². The lowest BCUT2D eigenvalue weighted by atomic mass is 9.83. The molecule has 1 aliphatic rings. The first-order chi connectivity index (χ1) is 9.74. The lowest BCUT2D eigenvalue weighted by Gasteiger charge is -2.29. The third kappa shape index (κ3) is 2.06. The van der Waals surface area contributed by atoms with Crippen LogP contribution < -0.4 is 5.32 Å². The summed E-state index contributed by atoms with van der Waals surface area (Å²) >= 11 is 0. The molecule has 0 amide bonds. The Morgan fingerprint density at radius 1 is 0.900 bits per heavy atom. The molecule has 0 aliphatic heterocycles. The van der Waals surface area contributed by atoms with E-state index >= 15 is 0 Å². The zero-order valence-corrected chi connectivity index (χ0v) is 12.6. The van der Waals surface area contributed by atoms with Gasteiger partial charge in [-0.25, -0.2) is 0 Å². The van der Waals surface area contributed by atoms with Crippen LogP contribution >= 0.6 is 0 Å². The zero-order chi connectivity index (χ0) is 14.1. The number of nitrogens with one attached hydrogen (secondary N) is 1. The van der Waals surface area contributed by atoms with Gasteiger partial charge in [-0.3, -0.25) is 0 Å². The second-order valence-electron chi connectivity index (χ2n) is 5.98. The molecular weight excluding hydrogens is 242 g/mol. The first-order valence-corrected chi connectivity index (χ1v) is 7.65. The molecule has 1 heteroatoms. The van der Waals surface area contributed by atoms with Crippen molar-refractivity contribution in [1.82, 2.24) is 5.32 Å². The molecule has 1 unspecified atom stereocenters. The summed E-state index contributed by atoms with van der Waals surface area (Å²) in [4.78, 5) is 0. The van der Waals surface area contributed by atoms with Crippen molar-refractivity contribution < 1.29 is 0 Å². The third-order valence-electron chi connectivity index (χ3n) is 4.40. The number of hydrogen-bond donors (Lipinski definition) is 1. The summed E-state index contributed by atoms with van der Waals surface area (Å²) in [5, 5.41) is 3.71. The van der Waals surface area contributed by atoms with Gasteiger partial charge in [0.25, 0.3) is 0 Å². The molecule has 0 aromatic heterocycles. The quantitative estimate of drug-likeness (QED) is 0.862. The van der Waals surface area contributed by atoms with Crippen LogP contribution in [0.25, 0.3) is 11.1 Å². The number of rotatable bonds is 4. The van der Waals surface area contributed by atoms with Crippen molar-refractivity contribution in [2.45, 2.75) is 32.7 Å². The molecule has 1 N–H and O–H groups in total. The second-order valence-corrected chi connectivity index (χ2v) is 5.98. The molecule has 0 radical (unpaired) electrons. The Bertz CT molecular complexity index is 555.